The Kier molecular flexibility index (Phi) is 10.2. The molecule has 0 saturated carbocycles. The van der Waals surface area contributed by atoms with E-state index in [9.17, 15) is 9.59 Å². The van der Waals surface area contributed by atoms with E-state index in [1.165, 1.54) is 0 Å². The monoisotopic (exact) mass is 344 g/mol. The third-order valence-corrected chi connectivity index (χ3v) is 3.55. The van der Waals surface area contributed by atoms with Crippen LogP contribution in [0.15, 0.2) is 0 Å². The molecule has 0 aliphatic rings. The molecule has 0 fully saturated rings. The molecular formula is C19H36O5. The van der Waals surface area contributed by atoms with E-state index in [0.29, 0.717) is 31.8 Å². The first-order valence-electron chi connectivity index (χ1n) is 8.99. The van der Waals surface area contributed by atoms with E-state index < -0.39 is 11.2 Å². The Morgan fingerprint density at radius 3 is 2.12 bits per heavy atom. The summed E-state index contributed by atoms with van der Waals surface area (Å²) in [5.74, 6) is 0.121. The Balaban J connectivity index is 4.12. The summed E-state index contributed by atoms with van der Waals surface area (Å²) in [6.07, 6.45) is 3.07. The SMILES string of the molecule is CCCC(=O)OCC(C)(C)OCCC(C)(C)OC(=O)CCC(C)C. The van der Waals surface area contributed by atoms with Crippen LogP contribution in [-0.2, 0) is 23.8 Å². The molecule has 0 amide bonds. The van der Waals surface area contributed by atoms with E-state index in [0.717, 1.165) is 12.8 Å². The fourth-order valence-corrected chi connectivity index (χ4v) is 1.96. The van der Waals surface area contributed by atoms with Crippen molar-refractivity contribution in [3.8, 4) is 0 Å². The summed E-state index contributed by atoms with van der Waals surface area (Å²) in [6, 6.07) is 0. The van der Waals surface area contributed by atoms with Crippen LogP contribution in [0.1, 0.15) is 80.6 Å². The summed E-state index contributed by atoms with van der Waals surface area (Å²) in [5, 5.41) is 0. The maximum absolute atomic E-state index is 11.8. The molecule has 142 valence electrons. The lowest BCUT2D eigenvalue weighted by Crippen LogP contribution is -2.35. The van der Waals surface area contributed by atoms with E-state index in [1.807, 2.05) is 34.6 Å². The van der Waals surface area contributed by atoms with Gasteiger partial charge in [-0.05, 0) is 46.5 Å². The molecule has 0 rings (SSSR count). The lowest BCUT2D eigenvalue weighted by molar-refractivity contribution is -0.163. The minimum atomic E-state index is -0.566. The molecule has 0 spiro atoms. The Bertz CT molecular complexity index is 385. The van der Waals surface area contributed by atoms with Crippen molar-refractivity contribution in [2.24, 2.45) is 5.92 Å². The van der Waals surface area contributed by atoms with Gasteiger partial charge < -0.3 is 14.2 Å². The van der Waals surface area contributed by atoms with Gasteiger partial charge in [0.05, 0.1) is 12.2 Å². The van der Waals surface area contributed by atoms with Crippen LogP contribution in [0.2, 0.25) is 0 Å². The van der Waals surface area contributed by atoms with Gasteiger partial charge in [-0.2, -0.15) is 0 Å². The van der Waals surface area contributed by atoms with Gasteiger partial charge in [0, 0.05) is 19.3 Å². The number of rotatable bonds is 12. The first kappa shape index (κ1) is 22.9. The molecule has 0 aliphatic heterocycles. The van der Waals surface area contributed by atoms with E-state index in [2.05, 4.69) is 13.8 Å². The number of carbonyl (C=O) groups excluding carboxylic acids is 2. The highest BCUT2D eigenvalue weighted by molar-refractivity contribution is 5.70. The highest BCUT2D eigenvalue weighted by Crippen LogP contribution is 2.19. The minimum Gasteiger partial charge on any atom is -0.463 e. The van der Waals surface area contributed by atoms with Crippen LogP contribution in [0.3, 0.4) is 0 Å². The molecule has 0 atom stereocenters. The van der Waals surface area contributed by atoms with Gasteiger partial charge in [0.2, 0.25) is 0 Å². The van der Waals surface area contributed by atoms with E-state index in [1.54, 1.807) is 0 Å². The van der Waals surface area contributed by atoms with Crippen molar-refractivity contribution in [2.75, 3.05) is 13.2 Å². The summed E-state index contributed by atoms with van der Waals surface area (Å²) >= 11 is 0. The maximum Gasteiger partial charge on any atom is 0.306 e. The second-order valence-corrected chi connectivity index (χ2v) is 7.94. The number of ether oxygens (including phenoxy) is 3. The maximum atomic E-state index is 11.8. The van der Waals surface area contributed by atoms with Gasteiger partial charge in [0.15, 0.2) is 0 Å². The molecule has 0 unspecified atom stereocenters. The molecule has 0 aromatic rings. The van der Waals surface area contributed by atoms with Crippen molar-refractivity contribution in [1.29, 1.82) is 0 Å². The van der Waals surface area contributed by atoms with Crippen LogP contribution >= 0.6 is 0 Å². The largest absolute Gasteiger partial charge is 0.463 e. The van der Waals surface area contributed by atoms with Crippen LogP contribution in [0.4, 0.5) is 0 Å². The normalized spacial score (nSPS) is 12.3. The van der Waals surface area contributed by atoms with Gasteiger partial charge in [-0.25, -0.2) is 0 Å². The van der Waals surface area contributed by atoms with Crippen LogP contribution in [0, 0.1) is 5.92 Å². The Hall–Kier alpha value is -1.10. The lowest BCUT2D eigenvalue weighted by Gasteiger charge is -2.29. The molecule has 0 aromatic carbocycles. The Morgan fingerprint density at radius 2 is 1.58 bits per heavy atom. The first-order chi connectivity index (χ1) is 11.0. The lowest BCUT2D eigenvalue weighted by atomic mass is 10.0. The number of hydrogen-bond acceptors (Lipinski definition) is 5. The van der Waals surface area contributed by atoms with Crippen LogP contribution in [0.5, 0.6) is 0 Å². The predicted molar refractivity (Wildman–Crippen MR) is 94.8 cm³/mol. The molecule has 0 aliphatic carbocycles. The zero-order chi connectivity index (χ0) is 18.8. The molecule has 0 saturated heterocycles. The highest BCUT2D eigenvalue weighted by atomic mass is 16.6. The minimum absolute atomic E-state index is 0.165. The Labute approximate surface area is 147 Å². The molecule has 0 radical (unpaired) electrons. The van der Waals surface area contributed by atoms with Gasteiger partial charge in [-0.3, -0.25) is 9.59 Å². The molecule has 24 heavy (non-hydrogen) atoms. The van der Waals surface area contributed by atoms with Gasteiger partial charge in [-0.15, -0.1) is 0 Å². The van der Waals surface area contributed by atoms with Gasteiger partial charge in [-0.1, -0.05) is 20.8 Å². The third kappa shape index (κ3) is 12.3. The van der Waals surface area contributed by atoms with E-state index >= 15 is 0 Å². The average molecular weight is 344 g/mol. The standard InChI is InChI=1S/C19H36O5/c1-8-9-16(20)22-14-19(6,7)23-13-12-18(4,5)24-17(21)11-10-15(2)3/h15H,8-14H2,1-7H3. The van der Waals surface area contributed by atoms with E-state index in [4.69, 9.17) is 14.2 Å². The molecular weight excluding hydrogens is 308 g/mol. The summed E-state index contributed by atoms with van der Waals surface area (Å²) in [5.41, 5.74) is -1.12. The third-order valence-electron chi connectivity index (χ3n) is 3.55. The fraction of sp³-hybridized carbons (Fsp3) is 0.895. The van der Waals surface area contributed by atoms with Gasteiger partial charge in [0.1, 0.15) is 12.2 Å². The van der Waals surface area contributed by atoms with Gasteiger partial charge >= 0.3 is 11.9 Å². The average Bonchev–Trinajstić information content (AvgIpc) is 2.42. The summed E-state index contributed by atoms with van der Waals surface area (Å²) in [4.78, 5) is 23.3. The topological polar surface area (TPSA) is 61.8 Å². The second-order valence-electron chi connectivity index (χ2n) is 7.94. The Morgan fingerprint density at radius 1 is 0.958 bits per heavy atom. The van der Waals surface area contributed by atoms with Crippen LogP contribution < -0.4 is 0 Å². The van der Waals surface area contributed by atoms with Crippen molar-refractivity contribution in [2.45, 2.75) is 91.8 Å². The fourth-order valence-electron chi connectivity index (χ4n) is 1.96. The van der Waals surface area contributed by atoms with Gasteiger partial charge in [0.25, 0.3) is 0 Å². The molecule has 0 N–H and O–H groups in total. The molecule has 0 aromatic heterocycles. The van der Waals surface area contributed by atoms with Crippen molar-refractivity contribution < 1.29 is 23.8 Å². The smallest absolute Gasteiger partial charge is 0.306 e. The van der Waals surface area contributed by atoms with Crippen molar-refractivity contribution in [3.63, 3.8) is 0 Å². The number of esters is 2. The first-order valence-corrected chi connectivity index (χ1v) is 8.99. The number of carbonyl (C=O) groups is 2. The zero-order valence-electron chi connectivity index (χ0n) is 16.6. The molecule has 0 heterocycles. The predicted octanol–water partition coefficient (Wildman–Crippen LogP) is 4.27. The summed E-state index contributed by atoms with van der Waals surface area (Å²) in [6.45, 7) is 14.3. The van der Waals surface area contributed by atoms with Crippen LogP contribution in [-0.4, -0.2) is 36.4 Å². The highest BCUT2D eigenvalue weighted by Gasteiger charge is 2.26. The number of hydrogen-bond donors (Lipinski definition) is 0. The van der Waals surface area contributed by atoms with Crippen molar-refractivity contribution in [1.82, 2.24) is 0 Å². The summed E-state index contributed by atoms with van der Waals surface area (Å²) < 4.78 is 16.5. The van der Waals surface area contributed by atoms with Crippen LogP contribution in [0.25, 0.3) is 0 Å². The molecule has 0 bridgehead atoms. The van der Waals surface area contributed by atoms with Crippen molar-refractivity contribution >= 4 is 11.9 Å². The van der Waals surface area contributed by atoms with E-state index in [-0.39, 0.29) is 18.5 Å². The quantitative estimate of drug-likeness (QED) is 0.495. The molecule has 5 heteroatoms. The zero-order valence-corrected chi connectivity index (χ0v) is 16.6. The second kappa shape index (κ2) is 10.7. The summed E-state index contributed by atoms with van der Waals surface area (Å²) in [7, 11) is 0. The molecule has 5 nitrogen and oxygen atoms in total. The van der Waals surface area contributed by atoms with Crippen molar-refractivity contribution in [3.05, 3.63) is 0 Å².